The molecular weight excluding hydrogens is 336 g/mol. The van der Waals surface area contributed by atoms with Crippen molar-refractivity contribution in [1.29, 1.82) is 0 Å². The van der Waals surface area contributed by atoms with E-state index in [1.807, 2.05) is 18.2 Å². The molecule has 26 heavy (non-hydrogen) atoms. The SMILES string of the molecule is CN1C[C@@]2(CCCN(C(=O)c3cc(=O)n(-c4ccccc4)[nH]3)C2)OC1=O. The Hall–Kier alpha value is -3.03. The van der Waals surface area contributed by atoms with E-state index in [0.717, 1.165) is 12.8 Å². The van der Waals surface area contributed by atoms with Gasteiger partial charge in [-0.25, -0.2) is 9.48 Å². The average molecular weight is 356 g/mol. The zero-order valence-electron chi connectivity index (χ0n) is 14.5. The number of aromatic nitrogens is 2. The molecule has 2 aromatic rings. The molecule has 8 heteroatoms. The predicted molar refractivity (Wildman–Crippen MR) is 93.4 cm³/mol. The van der Waals surface area contributed by atoms with Crippen LogP contribution in [0.2, 0.25) is 0 Å². The van der Waals surface area contributed by atoms with Crippen LogP contribution in [0.5, 0.6) is 0 Å². The van der Waals surface area contributed by atoms with Gasteiger partial charge in [0.15, 0.2) is 0 Å². The van der Waals surface area contributed by atoms with Crippen LogP contribution in [0.25, 0.3) is 5.69 Å². The topological polar surface area (TPSA) is 87.6 Å². The van der Waals surface area contributed by atoms with E-state index in [9.17, 15) is 14.4 Å². The third kappa shape index (κ3) is 2.77. The minimum atomic E-state index is -0.651. The minimum Gasteiger partial charge on any atom is -0.439 e. The Morgan fingerprint density at radius 2 is 1.96 bits per heavy atom. The highest BCUT2D eigenvalue weighted by molar-refractivity contribution is 5.92. The Morgan fingerprint density at radius 1 is 1.19 bits per heavy atom. The van der Waals surface area contributed by atoms with E-state index in [4.69, 9.17) is 4.74 Å². The van der Waals surface area contributed by atoms with E-state index in [1.165, 1.54) is 15.6 Å². The van der Waals surface area contributed by atoms with Gasteiger partial charge < -0.3 is 14.5 Å². The molecule has 0 radical (unpaired) electrons. The number of hydrogen-bond donors (Lipinski definition) is 1. The number of benzene rings is 1. The Morgan fingerprint density at radius 3 is 2.65 bits per heavy atom. The molecule has 0 aliphatic carbocycles. The molecule has 2 fully saturated rings. The van der Waals surface area contributed by atoms with Gasteiger partial charge in [-0.2, -0.15) is 0 Å². The lowest BCUT2D eigenvalue weighted by Crippen LogP contribution is -2.52. The number of H-pyrrole nitrogens is 1. The summed E-state index contributed by atoms with van der Waals surface area (Å²) in [6.07, 6.45) is 1.12. The largest absolute Gasteiger partial charge is 0.439 e. The maximum Gasteiger partial charge on any atom is 0.410 e. The van der Waals surface area contributed by atoms with Gasteiger partial charge in [-0.1, -0.05) is 18.2 Å². The minimum absolute atomic E-state index is 0.230. The first-order valence-electron chi connectivity index (χ1n) is 8.58. The highest BCUT2D eigenvalue weighted by atomic mass is 16.6. The highest BCUT2D eigenvalue weighted by Gasteiger charge is 2.47. The summed E-state index contributed by atoms with van der Waals surface area (Å²) >= 11 is 0. The molecule has 1 atom stereocenters. The first-order valence-corrected chi connectivity index (χ1v) is 8.58. The maximum atomic E-state index is 12.9. The summed E-state index contributed by atoms with van der Waals surface area (Å²) in [6, 6.07) is 10.4. The fourth-order valence-corrected chi connectivity index (χ4v) is 3.72. The van der Waals surface area contributed by atoms with Crippen molar-refractivity contribution in [3.05, 3.63) is 52.4 Å². The lowest BCUT2D eigenvalue weighted by molar-refractivity contribution is -0.00542. The van der Waals surface area contributed by atoms with Crippen molar-refractivity contribution >= 4 is 12.0 Å². The summed E-state index contributed by atoms with van der Waals surface area (Å²) in [6.45, 7) is 1.37. The second kappa shape index (κ2) is 6.05. The van der Waals surface area contributed by atoms with Crippen LogP contribution in [-0.4, -0.2) is 63.9 Å². The van der Waals surface area contributed by atoms with Crippen molar-refractivity contribution < 1.29 is 14.3 Å². The van der Waals surface area contributed by atoms with Gasteiger partial charge in [-0.15, -0.1) is 0 Å². The van der Waals surface area contributed by atoms with Crippen molar-refractivity contribution in [1.82, 2.24) is 19.6 Å². The fourth-order valence-electron chi connectivity index (χ4n) is 3.72. The Balaban J connectivity index is 1.57. The molecule has 136 valence electrons. The van der Waals surface area contributed by atoms with Gasteiger partial charge in [0.05, 0.1) is 18.8 Å². The fraction of sp³-hybridized carbons (Fsp3) is 0.389. The molecular formula is C18H20N4O4. The van der Waals surface area contributed by atoms with Crippen LogP contribution in [0.4, 0.5) is 4.79 Å². The van der Waals surface area contributed by atoms with E-state index < -0.39 is 5.60 Å². The molecule has 1 spiro atoms. The average Bonchev–Trinajstić information content (AvgIpc) is 3.15. The number of likely N-dealkylation sites (tertiary alicyclic amines) is 1. The number of hydrogen-bond acceptors (Lipinski definition) is 4. The second-order valence-corrected chi connectivity index (χ2v) is 6.92. The number of rotatable bonds is 2. The standard InChI is InChI=1S/C18H20N4O4/c1-20-11-18(26-17(20)25)8-5-9-21(12-18)16(24)14-10-15(23)22(19-14)13-6-3-2-4-7-13/h2-4,6-7,10,19H,5,8-9,11-12H2,1H3/t18-/m1/s1. The lowest BCUT2D eigenvalue weighted by atomic mass is 9.92. The lowest BCUT2D eigenvalue weighted by Gasteiger charge is -2.38. The van der Waals surface area contributed by atoms with Crippen LogP contribution in [0, 0.1) is 0 Å². The van der Waals surface area contributed by atoms with E-state index in [1.54, 1.807) is 24.1 Å². The zero-order chi connectivity index (χ0) is 18.3. The molecule has 3 heterocycles. The number of ether oxygens (including phenoxy) is 1. The van der Waals surface area contributed by atoms with Gasteiger partial charge in [0, 0.05) is 19.7 Å². The molecule has 2 aliphatic rings. The van der Waals surface area contributed by atoms with Crippen molar-refractivity contribution in [3.63, 3.8) is 0 Å². The van der Waals surface area contributed by atoms with Gasteiger partial charge >= 0.3 is 6.09 Å². The highest BCUT2D eigenvalue weighted by Crippen LogP contribution is 2.31. The summed E-state index contributed by atoms with van der Waals surface area (Å²) in [4.78, 5) is 40.1. The second-order valence-electron chi connectivity index (χ2n) is 6.92. The maximum absolute atomic E-state index is 12.9. The van der Waals surface area contributed by atoms with Gasteiger partial charge in [0.25, 0.3) is 11.5 Å². The van der Waals surface area contributed by atoms with Crippen LogP contribution in [0.1, 0.15) is 23.3 Å². The number of carbonyl (C=O) groups is 2. The first-order chi connectivity index (χ1) is 12.5. The molecule has 0 bridgehead atoms. The number of carbonyl (C=O) groups excluding carboxylic acids is 2. The van der Waals surface area contributed by atoms with Crippen molar-refractivity contribution in [2.75, 3.05) is 26.7 Å². The number of aromatic amines is 1. The zero-order valence-corrected chi connectivity index (χ0v) is 14.5. The molecule has 8 nitrogen and oxygen atoms in total. The van der Waals surface area contributed by atoms with Crippen LogP contribution >= 0.6 is 0 Å². The number of piperidine rings is 1. The Kier molecular flexibility index (Phi) is 3.82. The van der Waals surface area contributed by atoms with Crippen molar-refractivity contribution in [3.8, 4) is 5.69 Å². The summed E-state index contributed by atoms with van der Waals surface area (Å²) in [5.74, 6) is -0.263. The number of likely N-dealkylation sites (N-methyl/N-ethyl adjacent to an activating group) is 1. The van der Waals surface area contributed by atoms with Crippen LogP contribution < -0.4 is 5.56 Å². The predicted octanol–water partition coefficient (Wildman–Crippen LogP) is 1.22. The Bertz CT molecular complexity index is 903. The van der Waals surface area contributed by atoms with Crippen LogP contribution in [-0.2, 0) is 4.74 Å². The molecule has 1 aromatic heterocycles. The molecule has 0 saturated carbocycles. The third-order valence-corrected chi connectivity index (χ3v) is 4.93. The molecule has 4 rings (SSSR count). The van der Waals surface area contributed by atoms with Gasteiger partial charge in [0.2, 0.25) is 0 Å². The summed E-state index contributed by atoms with van der Waals surface area (Å²) in [7, 11) is 1.69. The van der Waals surface area contributed by atoms with E-state index in [2.05, 4.69) is 5.10 Å². The smallest absolute Gasteiger partial charge is 0.410 e. The van der Waals surface area contributed by atoms with Crippen LogP contribution in [0.15, 0.2) is 41.2 Å². The molecule has 0 unspecified atom stereocenters. The van der Waals surface area contributed by atoms with Crippen molar-refractivity contribution in [2.45, 2.75) is 18.4 Å². The van der Waals surface area contributed by atoms with Gasteiger partial charge in [0.1, 0.15) is 11.3 Å². The molecule has 1 aromatic carbocycles. The summed E-state index contributed by atoms with van der Waals surface area (Å²) in [5.41, 5.74) is -0.0490. The molecule has 1 N–H and O–H groups in total. The number of amides is 2. The first kappa shape index (κ1) is 16.4. The molecule has 2 saturated heterocycles. The van der Waals surface area contributed by atoms with Gasteiger partial charge in [-0.3, -0.25) is 14.7 Å². The summed E-state index contributed by atoms with van der Waals surface area (Å²) < 4.78 is 6.88. The number of nitrogens with zero attached hydrogens (tertiary/aromatic N) is 3. The normalized spacial score (nSPS) is 22.7. The van der Waals surface area contributed by atoms with Gasteiger partial charge in [-0.05, 0) is 25.0 Å². The van der Waals surface area contributed by atoms with E-state index >= 15 is 0 Å². The molecule has 2 amide bonds. The van der Waals surface area contributed by atoms with Crippen molar-refractivity contribution in [2.24, 2.45) is 0 Å². The number of nitrogens with one attached hydrogen (secondary N) is 1. The number of para-hydroxylation sites is 1. The van der Waals surface area contributed by atoms with Crippen LogP contribution in [0.3, 0.4) is 0 Å². The monoisotopic (exact) mass is 356 g/mol. The summed E-state index contributed by atoms with van der Waals surface area (Å²) in [5, 5.41) is 2.89. The quantitative estimate of drug-likeness (QED) is 0.876. The van der Waals surface area contributed by atoms with E-state index in [-0.39, 0.29) is 23.3 Å². The molecule has 2 aliphatic heterocycles. The van der Waals surface area contributed by atoms with E-state index in [0.29, 0.717) is 25.3 Å². The third-order valence-electron chi connectivity index (χ3n) is 4.93. The Labute approximate surface area is 149 Å².